The third-order valence-electron chi connectivity index (χ3n) is 3.61. The summed E-state index contributed by atoms with van der Waals surface area (Å²) in [6.07, 6.45) is 5.89. The molecule has 1 aliphatic heterocycles. The van der Waals surface area contributed by atoms with Crippen LogP contribution in [-0.2, 0) is 11.3 Å². The van der Waals surface area contributed by atoms with Crippen LogP contribution in [0.25, 0.3) is 0 Å². The summed E-state index contributed by atoms with van der Waals surface area (Å²) in [5.41, 5.74) is 0. The minimum atomic E-state index is -0.737. The van der Waals surface area contributed by atoms with Crippen LogP contribution in [0.5, 0.6) is 0 Å². The summed E-state index contributed by atoms with van der Waals surface area (Å²) < 4.78 is 2.09. The van der Waals surface area contributed by atoms with Crippen LogP contribution in [0.15, 0.2) is 12.4 Å². The highest BCUT2D eigenvalue weighted by atomic mass is 16.4. The summed E-state index contributed by atoms with van der Waals surface area (Å²) >= 11 is 0. The minimum absolute atomic E-state index is 0.314. The number of hydrogen-bond acceptors (Lipinski definition) is 3. The summed E-state index contributed by atoms with van der Waals surface area (Å²) in [6.45, 7) is 5.46. The number of imidazole rings is 1. The first-order valence-corrected chi connectivity index (χ1v) is 6.06. The molecule has 1 aromatic rings. The van der Waals surface area contributed by atoms with Crippen LogP contribution in [-0.4, -0.2) is 44.2 Å². The van der Waals surface area contributed by atoms with Crippen LogP contribution < -0.4 is 0 Å². The highest BCUT2D eigenvalue weighted by Crippen LogP contribution is 2.22. The lowest BCUT2D eigenvalue weighted by Crippen LogP contribution is -2.43. The molecule has 5 heteroatoms. The second kappa shape index (κ2) is 4.87. The normalized spacial score (nSPS) is 22.8. The predicted octanol–water partition coefficient (Wildman–Crippen LogP) is 1.13. The van der Waals surface area contributed by atoms with Crippen molar-refractivity contribution in [3.05, 3.63) is 18.2 Å². The molecule has 0 saturated carbocycles. The van der Waals surface area contributed by atoms with E-state index in [0.29, 0.717) is 6.04 Å². The van der Waals surface area contributed by atoms with Gasteiger partial charge >= 0.3 is 5.97 Å². The monoisotopic (exact) mass is 237 g/mol. The standard InChI is InChI=1S/C12H19N3O2/c1-9(12(16)17)15-6-3-4-11(15)8-14-7-5-13-10(14)2/h5,7,9,11H,3-4,6,8H2,1-2H3,(H,16,17). The average molecular weight is 237 g/mol. The van der Waals surface area contributed by atoms with Crippen LogP contribution in [0.1, 0.15) is 25.6 Å². The van der Waals surface area contributed by atoms with Crippen LogP contribution >= 0.6 is 0 Å². The smallest absolute Gasteiger partial charge is 0.320 e. The third kappa shape index (κ3) is 2.49. The van der Waals surface area contributed by atoms with Crippen molar-refractivity contribution in [1.82, 2.24) is 14.5 Å². The van der Waals surface area contributed by atoms with Crippen molar-refractivity contribution in [3.63, 3.8) is 0 Å². The molecule has 0 radical (unpaired) electrons. The number of nitrogens with zero attached hydrogens (tertiary/aromatic N) is 3. The van der Waals surface area contributed by atoms with E-state index >= 15 is 0 Å². The maximum absolute atomic E-state index is 11.0. The molecule has 1 fully saturated rings. The van der Waals surface area contributed by atoms with E-state index in [1.54, 1.807) is 13.1 Å². The molecular formula is C12H19N3O2. The van der Waals surface area contributed by atoms with E-state index in [1.165, 1.54) is 0 Å². The number of aliphatic carboxylic acids is 1. The van der Waals surface area contributed by atoms with Crippen LogP contribution in [0, 0.1) is 6.92 Å². The second-order valence-electron chi connectivity index (χ2n) is 4.67. The zero-order chi connectivity index (χ0) is 12.4. The number of hydrogen-bond donors (Lipinski definition) is 1. The molecule has 94 valence electrons. The Kier molecular flexibility index (Phi) is 3.47. The Labute approximate surface area is 101 Å². The van der Waals surface area contributed by atoms with Gasteiger partial charge in [0.05, 0.1) is 0 Å². The molecule has 1 aromatic heterocycles. The molecule has 2 unspecified atom stereocenters. The highest BCUT2D eigenvalue weighted by molar-refractivity contribution is 5.73. The summed E-state index contributed by atoms with van der Waals surface area (Å²) in [5, 5.41) is 9.08. The maximum Gasteiger partial charge on any atom is 0.320 e. The number of carbonyl (C=O) groups is 1. The maximum atomic E-state index is 11.0. The second-order valence-corrected chi connectivity index (χ2v) is 4.67. The van der Waals surface area contributed by atoms with E-state index in [9.17, 15) is 4.79 Å². The van der Waals surface area contributed by atoms with Crippen molar-refractivity contribution in [3.8, 4) is 0 Å². The van der Waals surface area contributed by atoms with Gasteiger partial charge in [-0.05, 0) is 33.2 Å². The van der Waals surface area contributed by atoms with E-state index in [4.69, 9.17) is 5.11 Å². The molecular weight excluding hydrogens is 218 g/mol. The Morgan fingerprint density at radius 2 is 2.47 bits per heavy atom. The predicted molar refractivity (Wildman–Crippen MR) is 63.8 cm³/mol. The van der Waals surface area contributed by atoms with Crippen molar-refractivity contribution in [2.75, 3.05) is 6.54 Å². The Morgan fingerprint density at radius 3 is 3.06 bits per heavy atom. The zero-order valence-corrected chi connectivity index (χ0v) is 10.3. The average Bonchev–Trinajstić information content (AvgIpc) is 2.88. The first-order chi connectivity index (χ1) is 8.09. The molecule has 1 aliphatic rings. The number of likely N-dealkylation sites (tertiary alicyclic amines) is 1. The first-order valence-electron chi connectivity index (χ1n) is 6.06. The Hall–Kier alpha value is -1.36. The van der Waals surface area contributed by atoms with Crippen molar-refractivity contribution >= 4 is 5.97 Å². The topological polar surface area (TPSA) is 58.4 Å². The van der Waals surface area contributed by atoms with Crippen LogP contribution in [0.4, 0.5) is 0 Å². The molecule has 2 atom stereocenters. The van der Waals surface area contributed by atoms with E-state index in [0.717, 1.165) is 31.8 Å². The summed E-state index contributed by atoms with van der Waals surface area (Å²) in [4.78, 5) is 17.3. The van der Waals surface area contributed by atoms with Gasteiger partial charge in [0, 0.05) is 25.0 Å². The number of carboxylic acids is 1. The van der Waals surface area contributed by atoms with Gasteiger partial charge in [-0.3, -0.25) is 9.69 Å². The van der Waals surface area contributed by atoms with Crippen LogP contribution in [0.3, 0.4) is 0 Å². The van der Waals surface area contributed by atoms with Gasteiger partial charge in [-0.25, -0.2) is 4.98 Å². The van der Waals surface area contributed by atoms with Crippen molar-refractivity contribution < 1.29 is 9.90 Å². The molecule has 0 amide bonds. The fraction of sp³-hybridized carbons (Fsp3) is 0.667. The van der Waals surface area contributed by atoms with E-state index < -0.39 is 12.0 Å². The first kappa shape index (κ1) is 12.1. The molecule has 1 saturated heterocycles. The number of rotatable bonds is 4. The third-order valence-corrected chi connectivity index (χ3v) is 3.61. The van der Waals surface area contributed by atoms with Gasteiger partial charge in [0.15, 0.2) is 0 Å². The molecule has 2 heterocycles. The molecule has 0 spiro atoms. The molecule has 17 heavy (non-hydrogen) atoms. The molecule has 1 N–H and O–H groups in total. The van der Waals surface area contributed by atoms with Gasteiger partial charge in [0.25, 0.3) is 0 Å². The molecule has 5 nitrogen and oxygen atoms in total. The van der Waals surface area contributed by atoms with Gasteiger partial charge in [0.1, 0.15) is 11.9 Å². The van der Waals surface area contributed by atoms with Gasteiger partial charge in [-0.15, -0.1) is 0 Å². The Morgan fingerprint density at radius 1 is 1.71 bits per heavy atom. The lowest BCUT2D eigenvalue weighted by atomic mass is 10.2. The van der Waals surface area contributed by atoms with Crippen molar-refractivity contribution in [2.45, 2.75) is 45.3 Å². The minimum Gasteiger partial charge on any atom is -0.480 e. The molecule has 0 aromatic carbocycles. The fourth-order valence-corrected chi connectivity index (χ4v) is 2.53. The van der Waals surface area contributed by atoms with Crippen molar-refractivity contribution in [1.29, 1.82) is 0 Å². The van der Waals surface area contributed by atoms with Crippen molar-refractivity contribution in [2.24, 2.45) is 0 Å². The molecule has 0 bridgehead atoms. The van der Waals surface area contributed by atoms with Gasteiger partial charge < -0.3 is 9.67 Å². The number of aromatic nitrogens is 2. The Balaban J connectivity index is 2.05. The van der Waals surface area contributed by atoms with Crippen LogP contribution in [0.2, 0.25) is 0 Å². The quantitative estimate of drug-likeness (QED) is 0.852. The van der Waals surface area contributed by atoms with Gasteiger partial charge in [-0.1, -0.05) is 0 Å². The summed E-state index contributed by atoms with van der Waals surface area (Å²) in [5.74, 6) is 0.249. The van der Waals surface area contributed by atoms with Gasteiger partial charge in [-0.2, -0.15) is 0 Å². The Bertz CT molecular complexity index is 402. The number of aryl methyl sites for hydroxylation is 1. The SMILES string of the molecule is Cc1nccn1CC1CCCN1C(C)C(=O)O. The molecule has 0 aliphatic carbocycles. The number of carboxylic acid groups (broad SMARTS) is 1. The van der Waals surface area contributed by atoms with E-state index in [2.05, 4.69) is 14.5 Å². The summed E-state index contributed by atoms with van der Waals surface area (Å²) in [7, 11) is 0. The van der Waals surface area contributed by atoms with E-state index in [-0.39, 0.29) is 0 Å². The zero-order valence-electron chi connectivity index (χ0n) is 10.3. The lowest BCUT2D eigenvalue weighted by Gasteiger charge is -2.28. The van der Waals surface area contributed by atoms with E-state index in [1.807, 2.05) is 13.1 Å². The summed E-state index contributed by atoms with van der Waals surface area (Å²) in [6, 6.07) is -0.0830. The molecule has 2 rings (SSSR count). The fourth-order valence-electron chi connectivity index (χ4n) is 2.53. The lowest BCUT2D eigenvalue weighted by molar-refractivity contribution is -0.143. The van der Waals surface area contributed by atoms with Gasteiger partial charge in [0.2, 0.25) is 0 Å². The largest absolute Gasteiger partial charge is 0.480 e. The highest BCUT2D eigenvalue weighted by Gasteiger charge is 2.32.